The quantitative estimate of drug-likeness (QED) is 0.805. The van der Waals surface area contributed by atoms with Crippen LogP contribution in [0.4, 0.5) is 0 Å². The molecule has 0 aromatic rings. The van der Waals surface area contributed by atoms with Gasteiger partial charge < -0.3 is 10.2 Å². The van der Waals surface area contributed by atoms with E-state index in [2.05, 4.69) is 6.92 Å². The summed E-state index contributed by atoms with van der Waals surface area (Å²) in [6.45, 7) is 7.43. The molecule has 0 aliphatic heterocycles. The predicted octanol–water partition coefficient (Wildman–Crippen LogP) is 2.07. The standard InChI is InChI=1S/C15H24O3/c1-9-7-12(16)11-8-10(9)15(11,4)6-5-13(17)14(2,3)18/h7,10-11,13,17-18H,5-6,8H2,1-4H3/t10-,11+,13+,15-/m0/s1. The van der Waals surface area contributed by atoms with E-state index in [9.17, 15) is 15.0 Å². The van der Waals surface area contributed by atoms with E-state index in [1.165, 1.54) is 5.57 Å². The van der Waals surface area contributed by atoms with Gasteiger partial charge in [-0.15, -0.1) is 0 Å². The monoisotopic (exact) mass is 252 g/mol. The van der Waals surface area contributed by atoms with Gasteiger partial charge >= 0.3 is 0 Å². The Morgan fingerprint density at radius 1 is 1.50 bits per heavy atom. The second-order valence-corrected chi connectivity index (χ2v) is 6.85. The van der Waals surface area contributed by atoms with Gasteiger partial charge in [-0.2, -0.15) is 0 Å². The van der Waals surface area contributed by atoms with E-state index >= 15 is 0 Å². The molecule has 18 heavy (non-hydrogen) atoms. The summed E-state index contributed by atoms with van der Waals surface area (Å²) in [6, 6.07) is 0. The number of allylic oxidation sites excluding steroid dienone is 2. The topological polar surface area (TPSA) is 57.5 Å². The molecule has 0 heterocycles. The summed E-state index contributed by atoms with van der Waals surface area (Å²) >= 11 is 0. The van der Waals surface area contributed by atoms with Crippen molar-refractivity contribution in [3.63, 3.8) is 0 Å². The van der Waals surface area contributed by atoms with Gasteiger partial charge in [0.15, 0.2) is 5.78 Å². The van der Waals surface area contributed by atoms with Crippen LogP contribution < -0.4 is 0 Å². The number of hydrogen-bond acceptors (Lipinski definition) is 3. The number of hydrogen-bond donors (Lipinski definition) is 2. The summed E-state index contributed by atoms with van der Waals surface area (Å²) in [4.78, 5) is 11.9. The van der Waals surface area contributed by atoms with E-state index in [1.54, 1.807) is 19.9 Å². The van der Waals surface area contributed by atoms with Gasteiger partial charge in [-0.1, -0.05) is 12.5 Å². The Kier molecular flexibility index (Phi) is 3.19. The first-order chi connectivity index (χ1) is 8.16. The number of ketones is 1. The normalized spacial score (nSPS) is 37.0. The molecule has 2 N–H and O–H groups in total. The van der Waals surface area contributed by atoms with Gasteiger partial charge in [0.25, 0.3) is 0 Å². The minimum absolute atomic E-state index is 0.0118. The zero-order valence-electron chi connectivity index (χ0n) is 11.7. The Hall–Kier alpha value is -0.670. The average Bonchev–Trinajstić information content (AvgIpc) is 2.21. The van der Waals surface area contributed by atoms with Gasteiger partial charge in [0.05, 0.1) is 11.7 Å². The number of fused-ring (bicyclic) bond motifs is 1. The third-order valence-electron chi connectivity index (χ3n) is 5.10. The van der Waals surface area contributed by atoms with Gasteiger partial charge in [-0.05, 0) is 57.4 Å². The molecule has 0 radical (unpaired) electrons. The molecular weight excluding hydrogens is 228 g/mol. The predicted molar refractivity (Wildman–Crippen MR) is 70.0 cm³/mol. The lowest BCUT2D eigenvalue weighted by atomic mass is 9.46. The van der Waals surface area contributed by atoms with E-state index in [1.807, 2.05) is 6.92 Å². The Bertz CT molecular complexity index is 391. The minimum atomic E-state index is -1.07. The molecule has 3 heteroatoms. The maximum atomic E-state index is 11.9. The van der Waals surface area contributed by atoms with E-state index in [0.29, 0.717) is 12.3 Å². The zero-order valence-corrected chi connectivity index (χ0v) is 11.7. The summed E-state index contributed by atoms with van der Waals surface area (Å²) in [6.07, 6.45) is 3.37. The van der Waals surface area contributed by atoms with E-state index in [-0.39, 0.29) is 17.1 Å². The third kappa shape index (κ3) is 2.04. The van der Waals surface area contributed by atoms with Crippen molar-refractivity contribution in [2.75, 3.05) is 0 Å². The van der Waals surface area contributed by atoms with Crippen LogP contribution >= 0.6 is 0 Å². The Labute approximate surface area is 109 Å². The third-order valence-corrected chi connectivity index (χ3v) is 5.10. The van der Waals surface area contributed by atoms with Gasteiger partial charge in [-0.25, -0.2) is 0 Å². The highest BCUT2D eigenvalue weighted by atomic mass is 16.3. The minimum Gasteiger partial charge on any atom is -0.390 e. The van der Waals surface area contributed by atoms with Crippen molar-refractivity contribution in [2.24, 2.45) is 17.3 Å². The first-order valence-electron chi connectivity index (χ1n) is 6.78. The van der Waals surface area contributed by atoms with Crippen LogP contribution in [0.5, 0.6) is 0 Å². The summed E-state index contributed by atoms with van der Waals surface area (Å²) in [7, 11) is 0. The maximum absolute atomic E-state index is 11.9. The van der Waals surface area contributed by atoms with E-state index < -0.39 is 11.7 Å². The molecular formula is C15H24O3. The zero-order chi connectivity index (χ0) is 13.7. The van der Waals surface area contributed by atoms with Crippen molar-refractivity contribution in [3.8, 4) is 0 Å². The molecule has 0 amide bonds. The Morgan fingerprint density at radius 3 is 2.56 bits per heavy atom. The van der Waals surface area contributed by atoms with Crippen LogP contribution in [-0.4, -0.2) is 27.7 Å². The molecule has 3 aliphatic carbocycles. The molecule has 0 spiro atoms. The molecule has 2 bridgehead atoms. The molecule has 4 atom stereocenters. The highest BCUT2D eigenvalue weighted by Crippen LogP contribution is 2.60. The highest BCUT2D eigenvalue weighted by Gasteiger charge is 2.56. The van der Waals surface area contributed by atoms with Crippen LogP contribution in [0.25, 0.3) is 0 Å². The first-order valence-corrected chi connectivity index (χ1v) is 6.78. The van der Waals surface area contributed by atoms with Crippen LogP contribution in [0, 0.1) is 17.3 Å². The summed E-state index contributed by atoms with van der Waals surface area (Å²) in [5.74, 6) is 0.852. The lowest BCUT2D eigenvalue weighted by Crippen LogP contribution is -2.54. The van der Waals surface area contributed by atoms with Crippen LogP contribution in [0.1, 0.15) is 47.0 Å². The fraction of sp³-hybridized carbons (Fsp3) is 0.800. The number of aliphatic hydroxyl groups is 2. The summed E-state index contributed by atoms with van der Waals surface area (Å²) < 4.78 is 0. The Morgan fingerprint density at radius 2 is 2.11 bits per heavy atom. The van der Waals surface area contributed by atoms with E-state index in [4.69, 9.17) is 0 Å². The lowest BCUT2D eigenvalue weighted by Gasteiger charge is -2.57. The second-order valence-electron chi connectivity index (χ2n) is 6.85. The molecule has 3 rings (SSSR count). The van der Waals surface area contributed by atoms with E-state index in [0.717, 1.165) is 12.8 Å². The Balaban J connectivity index is 2.03. The molecule has 0 aromatic carbocycles. The fourth-order valence-electron chi connectivity index (χ4n) is 3.58. The molecule has 1 saturated carbocycles. The van der Waals surface area contributed by atoms with Gasteiger partial charge in [-0.3, -0.25) is 4.79 Å². The van der Waals surface area contributed by atoms with Gasteiger partial charge in [0.2, 0.25) is 0 Å². The SMILES string of the molecule is CC1=CC(=O)[C@H]2C[C@@H]1[C@]2(C)CC[C@@H](O)C(C)(C)O. The largest absolute Gasteiger partial charge is 0.390 e. The number of aliphatic hydroxyl groups excluding tert-OH is 1. The summed E-state index contributed by atoms with van der Waals surface area (Å²) in [5.41, 5.74) is 0.106. The lowest BCUT2D eigenvalue weighted by molar-refractivity contribution is -0.138. The molecule has 0 saturated heterocycles. The molecule has 3 aliphatic rings. The molecule has 0 unspecified atom stereocenters. The number of carbonyl (C=O) groups is 1. The second kappa shape index (κ2) is 4.17. The van der Waals surface area contributed by atoms with Gasteiger partial charge in [0, 0.05) is 5.92 Å². The van der Waals surface area contributed by atoms with Crippen molar-refractivity contribution < 1.29 is 15.0 Å². The maximum Gasteiger partial charge on any atom is 0.159 e. The molecule has 1 fully saturated rings. The smallest absolute Gasteiger partial charge is 0.159 e. The molecule has 102 valence electrons. The average molecular weight is 252 g/mol. The van der Waals surface area contributed by atoms with Gasteiger partial charge in [0.1, 0.15) is 0 Å². The first kappa shape index (κ1) is 13.8. The van der Waals surface area contributed by atoms with Crippen LogP contribution in [0.3, 0.4) is 0 Å². The number of carbonyl (C=O) groups excluding carboxylic acids is 1. The highest BCUT2D eigenvalue weighted by molar-refractivity contribution is 5.95. The van der Waals surface area contributed by atoms with Crippen molar-refractivity contribution in [1.82, 2.24) is 0 Å². The van der Waals surface area contributed by atoms with Crippen molar-refractivity contribution in [1.29, 1.82) is 0 Å². The van der Waals surface area contributed by atoms with Crippen molar-refractivity contribution in [3.05, 3.63) is 11.6 Å². The van der Waals surface area contributed by atoms with Crippen LogP contribution in [-0.2, 0) is 4.79 Å². The molecule has 3 nitrogen and oxygen atoms in total. The van der Waals surface area contributed by atoms with Crippen LogP contribution in [0.2, 0.25) is 0 Å². The molecule has 0 aromatic heterocycles. The fourth-order valence-corrected chi connectivity index (χ4v) is 3.58. The van der Waals surface area contributed by atoms with Crippen molar-refractivity contribution in [2.45, 2.75) is 58.7 Å². The summed E-state index contributed by atoms with van der Waals surface area (Å²) in [5, 5.41) is 19.7. The van der Waals surface area contributed by atoms with Crippen molar-refractivity contribution >= 4 is 5.78 Å². The van der Waals surface area contributed by atoms with Crippen LogP contribution in [0.15, 0.2) is 11.6 Å². The number of rotatable bonds is 4.